The van der Waals surface area contributed by atoms with E-state index in [0.717, 1.165) is 11.3 Å². The van der Waals surface area contributed by atoms with Gasteiger partial charge in [0.2, 0.25) is 5.16 Å². The van der Waals surface area contributed by atoms with Gasteiger partial charge in [0.15, 0.2) is 5.82 Å². The number of ether oxygens (including phenoxy) is 1. The second-order valence-corrected chi connectivity index (χ2v) is 5.52. The third kappa shape index (κ3) is 3.28. The first-order valence-electron chi connectivity index (χ1n) is 6.69. The normalized spacial score (nSPS) is 10.6. The number of rotatable bonds is 5. The predicted molar refractivity (Wildman–Crippen MR) is 84.3 cm³/mol. The number of halogens is 1. The standard InChI is InChI=1S/C16H14FN3OS/c1-21-13-8-6-11(7-9-13)15-18-16(20-19-15)22-10-12-4-2-3-5-14(12)17/h2-9H,10H2,1H3,(H,18,19,20). The summed E-state index contributed by atoms with van der Waals surface area (Å²) in [5.74, 6) is 1.75. The Hall–Kier alpha value is -2.34. The van der Waals surface area contributed by atoms with E-state index < -0.39 is 0 Å². The second-order valence-electron chi connectivity index (χ2n) is 4.58. The lowest BCUT2D eigenvalue weighted by Gasteiger charge is -2.00. The van der Waals surface area contributed by atoms with Crippen molar-refractivity contribution in [1.82, 2.24) is 15.2 Å². The summed E-state index contributed by atoms with van der Waals surface area (Å²) in [6.45, 7) is 0. The lowest BCUT2D eigenvalue weighted by molar-refractivity contribution is 0.415. The monoisotopic (exact) mass is 315 g/mol. The largest absolute Gasteiger partial charge is 0.497 e. The third-order valence-electron chi connectivity index (χ3n) is 3.14. The SMILES string of the molecule is COc1ccc(-c2nc(SCc3ccccc3F)n[nH]2)cc1. The van der Waals surface area contributed by atoms with E-state index in [4.69, 9.17) is 4.74 Å². The molecule has 6 heteroatoms. The minimum Gasteiger partial charge on any atom is -0.497 e. The second kappa shape index (κ2) is 6.62. The van der Waals surface area contributed by atoms with E-state index in [9.17, 15) is 4.39 Å². The van der Waals surface area contributed by atoms with E-state index in [1.165, 1.54) is 17.8 Å². The van der Waals surface area contributed by atoms with Gasteiger partial charge in [-0.15, -0.1) is 5.10 Å². The van der Waals surface area contributed by atoms with Crippen LogP contribution in [0.15, 0.2) is 53.7 Å². The van der Waals surface area contributed by atoms with Gasteiger partial charge in [-0.25, -0.2) is 9.37 Å². The number of H-pyrrole nitrogens is 1. The van der Waals surface area contributed by atoms with Gasteiger partial charge in [0.05, 0.1) is 7.11 Å². The topological polar surface area (TPSA) is 50.8 Å². The molecule has 3 rings (SSSR count). The molecular weight excluding hydrogens is 301 g/mol. The Kier molecular flexibility index (Phi) is 4.39. The van der Waals surface area contributed by atoms with Gasteiger partial charge in [0, 0.05) is 11.3 Å². The highest BCUT2D eigenvalue weighted by Gasteiger charge is 2.08. The smallest absolute Gasteiger partial charge is 0.209 e. The highest BCUT2D eigenvalue weighted by atomic mass is 32.2. The van der Waals surface area contributed by atoms with Gasteiger partial charge >= 0.3 is 0 Å². The first-order valence-corrected chi connectivity index (χ1v) is 7.68. The Balaban J connectivity index is 1.69. The fraction of sp³-hybridized carbons (Fsp3) is 0.125. The van der Waals surface area contributed by atoms with Gasteiger partial charge in [-0.3, -0.25) is 5.10 Å². The number of hydrogen-bond acceptors (Lipinski definition) is 4. The van der Waals surface area contributed by atoms with E-state index in [2.05, 4.69) is 15.2 Å². The molecule has 0 bridgehead atoms. The molecule has 1 N–H and O–H groups in total. The Morgan fingerprint density at radius 2 is 1.91 bits per heavy atom. The molecule has 3 aromatic rings. The quantitative estimate of drug-likeness (QED) is 0.725. The van der Waals surface area contributed by atoms with Gasteiger partial charge < -0.3 is 4.74 Å². The maximum atomic E-state index is 13.6. The van der Waals surface area contributed by atoms with Crippen molar-refractivity contribution in [3.05, 3.63) is 59.9 Å². The van der Waals surface area contributed by atoms with Gasteiger partial charge in [-0.1, -0.05) is 30.0 Å². The van der Waals surface area contributed by atoms with Gasteiger partial charge in [0.1, 0.15) is 11.6 Å². The number of nitrogens with one attached hydrogen (secondary N) is 1. The van der Waals surface area contributed by atoms with E-state index in [-0.39, 0.29) is 5.82 Å². The molecule has 0 radical (unpaired) electrons. The fourth-order valence-electron chi connectivity index (χ4n) is 1.95. The molecule has 0 aliphatic rings. The lowest BCUT2D eigenvalue weighted by Crippen LogP contribution is -1.87. The molecule has 0 aliphatic carbocycles. The van der Waals surface area contributed by atoms with Crippen LogP contribution in [0.5, 0.6) is 5.75 Å². The molecule has 0 aliphatic heterocycles. The van der Waals surface area contributed by atoms with Crippen LogP contribution in [0.3, 0.4) is 0 Å². The number of aromatic amines is 1. The van der Waals surface area contributed by atoms with Gasteiger partial charge in [0.25, 0.3) is 0 Å². The van der Waals surface area contributed by atoms with Crippen LogP contribution in [0.1, 0.15) is 5.56 Å². The van der Waals surface area contributed by atoms with Crippen molar-refractivity contribution in [3.63, 3.8) is 0 Å². The van der Waals surface area contributed by atoms with Crippen molar-refractivity contribution in [1.29, 1.82) is 0 Å². The number of thioether (sulfide) groups is 1. The van der Waals surface area contributed by atoms with Crippen LogP contribution in [0, 0.1) is 5.82 Å². The minimum absolute atomic E-state index is 0.207. The summed E-state index contributed by atoms with van der Waals surface area (Å²) in [6.07, 6.45) is 0. The van der Waals surface area contributed by atoms with E-state index in [1.54, 1.807) is 19.2 Å². The van der Waals surface area contributed by atoms with Crippen molar-refractivity contribution < 1.29 is 9.13 Å². The number of aromatic nitrogens is 3. The van der Waals surface area contributed by atoms with Crippen LogP contribution >= 0.6 is 11.8 Å². The summed E-state index contributed by atoms with van der Waals surface area (Å²) in [7, 11) is 1.63. The molecule has 0 amide bonds. The Morgan fingerprint density at radius 1 is 1.14 bits per heavy atom. The average Bonchev–Trinajstić information content (AvgIpc) is 3.03. The molecule has 0 unspecified atom stereocenters. The molecule has 0 saturated carbocycles. The van der Waals surface area contributed by atoms with Crippen molar-refractivity contribution in [2.45, 2.75) is 10.9 Å². The zero-order valence-corrected chi connectivity index (χ0v) is 12.7. The number of benzene rings is 2. The predicted octanol–water partition coefficient (Wildman–Crippen LogP) is 3.91. The fourth-order valence-corrected chi connectivity index (χ4v) is 2.73. The molecule has 22 heavy (non-hydrogen) atoms. The minimum atomic E-state index is -0.207. The zero-order valence-electron chi connectivity index (χ0n) is 11.9. The summed E-state index contributed by atoms with van der Waals surface area (Å²) in [4.78, 5) is 4.41. The molecule has 0 spiro atoms. The zero-order chi connectivity index (χ0) is 15.4. The van der Waals surface area contributed by atoms with E-state index >= 15 is 0 Å². The molecule has 112 valence electrons. The molecule has 1 aromatic heterocycles. The molecule has 4 nitrogen and oxygen atoms in total. The Labute approximate surface area is 131 Å². The van der Waals surface area contributed by atoms with Crippen LogP contribution < -0.4 is 4.74 Å². The summed E-state index contributed by atoms with van der Waals surface area (Å²) < 4.78 is 18.7. The lowest BCUT2D eigenvalue weighted by atomic mass is 10.2. The van der Waals surface area contributed by atoms with Crippen molar-refractivity contribution in [3.8, 4) is 17.1 Å². The van der Waals surface area contributed by atoms with Crippen LogP contribution in [0.4, 0.5) is 4.39 Å². The van der Waals surface area contributed by atoms with Gasteiger partial charge in [-0.2, -0.15) is 0 Å². The first kappa shape index (κ1) is 14.6. The maximum Gasteiger partial charge on any atom is 0.209 e. The summed E-state index contributed by atoms with van der Waals surface area (Å²) >= 11 is 1.39. The summed E-state index contributed by atoms with van der Waals surface area (Å²) in [5, 5.41) is 7.64. The number of methoxy groups -OCH3 is 1. The average molecular weight is 315 g/mol. The van der Waals surface area contributed by atoms with Crippen molar-refractivity contribution in [2.24, 2.45) is 0 Å². The summed E-state index contributed by atoms with van der Waals surface area (Å²) in [5.41, 5.74) is 1.56. The van der Waals surface area contributed by atoms with Crippen molar-refractivity contribution in [2.75, 3.05) is 7.11 Å². The molecule has 2 aromatic carbocycles. The molecular formula is C16H14FN3OS. The highest BCUT2D eigenvalue weighted by molar-refractivity contribution is 7.98. The number of hydrogen-bond donors (Lipinski definition) is 1. The van der Waals surface area contributed by atoms with E-state index in [1.807, 2.05) is 30.3 Å². The molecule has 0 saturated heterocycles. The number of nitrogens with zero attached hydrogens (tertiary/aromatic N) is 2. The van der Waals surface area contributed by atoms with Crippen LogP contribution in [-0.2, 0) is 5.75 Å². The van der Waals surface area contributed by atoms with Crippen LogP contribution in [0.25, 0.3) is 11.4 Å². The Bertz CT molecular complexity index is 758. The Morgan fingerprint density at radius 3 is 2.64 bits per heavy atom. The molecule has 0 atom stereocenters. The summed E-state index contributed by atoms with van der Waals surface area (Å²) in [6, 6.07) is 14.3. The first-order chi connectivity index (χ1) is 10.8. The van der Waals surface area contributed by atoms with Crippen LogP contribution in [0.2, 0.25) is 0 Å². The third-order valence-corrected chi connectivity index (χ3v) is 4.04. The maximum absolute atomic E-state index is 13.6. The van der Waals surface area contributed by atoms with Crippen LogP contribution in [-0.4, -0.2) is 22.3 Å². The molecule has 0 fully saturated rings. The van der Waals surface area contributed by atoms with Gasteiger partial charge in [-0.05, 0) is 35.9 Å². The van der Waals surface area contributed by atoms with Crippen molar-refractivity contribution >= 4 is 11.8 Å². The van der Waals surface area contributed by atoms with E-state index in [0.29, 0.717) is 22.3 Å². The highest BCUT2D eigenvalue weighted by Crippen LogP contribution is 2.24. The molecule has 1 heterocycles.